The van der Waals surface area contributed by atoms with Gasteiger partial charge in [-0.15, -0.1) is 0 Å². The molecule has 4 rings (SSSR count). The maximum Gasteiger partial charge on any atom is 0.246 e. The Labute approximate surface area is 195 Å². The van der Waals surface area contributed by atoms with E-state index in [-0.39, 0.29) is 30.4 Å². The number of amides is 1. The average Bonchev–Trinajstić information content (AvgIpc) is 2.84. The van der Waals surface area contributed by atoms with Crippen molar-refractivity contribution in [2.45, 2.75) is 43.4 Å². The molecule has 0 spiro atoms. The molecule has 0 aliphatic carbocycles. The molecule has 178 valence electrons. The van der Waals surface area contributed by atoms with Crippen molar-refractivity contribution < 1.29 is 22.3 Å². The van der Waals surface area contributed by atoms with Crippen LogP contribution in [0.5, 0.6) is 5.75 Å². The second-order valence-corrected chi connectivity index (χ2v) is 11.0. The molecule has 0 aromatic heterocycles. The fraction of sp³-hybridized carbons (Fsp3) is 0.480. The lowest BCUT2D eigenvalue weighted by molar-refractivity contribution is -0.136. The van der Waals surface area contributed by atoms with E-state index in [2.05, 4.69) is 0 Å². The van der Waals surface area contributed by atoms with Crippen LogP contribution in [0.3, 0.4) is 0 Å². The van der Waals surface area contributed by atoms with Gasteiger partial charge in [0.2, 0.25) is 15.9 Å². The summed E-state index contributed by atoms with van der Waals surface area (Å²) in [5.74, 6) is -0.0496. The van der Waals surface area contributed by atoms with Crippen molar-refractivity contribution >= 4 is 15.9 Å². The van der Waals surface area contributed by atoms with Crippen LogP contribution in [0.25, 0.3) is 0 Å². The van der Waals surface area contributed by atoms with Gasteiger partial charge in [0, 0.05) is 38.0 Å². The van der Waals surface area contributed by atoms with Crippen LogP contribution in [0.4, 0.5) is 4.39 Å². The SMILES string of the molecule is O=C(C[C@]1(COc2ccccc2)CCCN(S(=O)(=O)c2ccccc2F)C1)N1CCCCC1. The van der Waals surface area contributed by atoms with Gasteiger partial charge in [0.1, 0.15) is 16.5 Å². The lowest BCUT2D eigenvalue weighted by Crippen LogP contribution is -2.51. The molecule has 8 heteroatoms. The lowest BCUT2D eigenvalue weighted by Gasteiger charge is -2.42. The summed E-state index contributed by atoms with van der Waals surface area (Å²) in [6.07, 6.45) is 4.58. The monoisotopic (exact) mass is 474 g/mol. The predicted octanol–water partition coefficient (Wildman–Crippen LogP) is 4.08. The summed E-state index contributed by atoms with van der Waals surface area (Å²) in [6, 6.07) is 14.8. The van der Waals surface area contributed by atoms with Gasteiger partial charge in [0.05, 0.1) is 6.61 Å². The van der Waals surface area contributed by atoms with E-state index < -0.39 is 21.3 Å². The van der Waals surface area contributed by atoms with Crippen molar-refractivity contribution in [3.05, 3.63) is 60.4 Å². The molecule has 0 unspecified atom stereocenters. The van der Waals surface area contributed by atoms with Crippen molar-refractivity contribution in [1.82, 2.24) is 9.21 Å². The number of halogens is 1. The number of likely N-dealkylation sites (tertiary alicyclic amines) is 1. The van der Waals surface area contributed by atoms with E-state index in [4.69, 9.17) is 4.74 Å². The highest BCUT2D eigenvalue weighted by Gasteiger charge is 2.43. The molecule has 1 amide bonds. The number of hydrogen-bond donors (Lipinski definition) is 0. The highest BCUT2D eigenvalue weighted by molar-refractivity contribution is 7.89. The van der Waals surface area contributed by atoms with E-state index in [0.29, 0.717) is 25.1 Å². The van der Waals surface area contributed by atoms with Gasteiger partial charge >= 0.3 is 0 Å². The minimum absolute atomic E-state index is 0.0384. The van der Waals surface area contributed by atoms with Crippen LogP contribution < -0.4 is 4.74 Å². The maximum absolute atomic E-state index is 14.4. The van der Waals surface area contributed by atoms with E-state index in [1.54, 1.807) is 0 Å². The average molecular weight is 475 g/mol. The number of para-hydroxylation sites is 1. The second kappa shape index (κ2) is 10.2. The van der Waals surface area contributed by atoms with Crippen molar-refractivity contribution in [2.24, 2.45) is 5.41 Å². The molecule has 2 aliphatic heterocycles. The standard InChI is InChI=1S/C25H31FN2O4S/c26-22-12-5-6-13-23(22)33(30,31)28-17-9-14-25(19-28,20-32-21-10-3-1-4-11-21)18-24(29)27-15-7-2-8-16-27/h1,3-6,10-13H,2,7-9,14-20H2/t25-/m1/s1. The van der Waals surface area contributed by atoms with Crippen LogP contribution >= 0.6 is 0 Å². The van der Waals surface area contributed by atoms with E-state index in [1.165, 1.54) is 22.5 Å². The van der Waals surface area contributed by atoms with Crippen molar-refractivity contribution in [1.29, 1.82) is 0 Å². The van der Waals surface area contributed by atoms with Crippen LogP contribution in [0.2, 0.25) is 0 Å². The summed E-state index contributed by atoms with van der Waals surface area (Å²) in [4.78, 5) is 14.8. The van der Waals surface area contributed by atoms with Crippen molar-refractivity contribution in [2.75, 3.05) is 32.8 Å². The number of nitrogens with zero attached hydrogens (tertiary/aromatic N) is 2. The Bertz CT molecular complexity index is 1060. The summed E-state index contributed by atoms with van der Waals surface area (Å²) in [7, 11) is -4.03. The first-order valence-corrected chi connectivity index (χ1v) is 13.0. The molecule has 33 heavy (non-hydrogen) atoms. The Balaban J connectivity index is 1.58. The molecule has 2 aromatic carbocycles. The first-order valence-electron chi connectivity index (χ1n) is 11.6. The fourth-order valence-electron chi connectivity index (χ4n) is 4.80. The Morgan fingerprint density at radius 3 is 2.36 bits per heavy atom. The zero-order valence-corrected chi connectivity index (χ0v) is 19.6. The molecule has 6 nitrogen and oxygen atoms in total. The summed E-state index contributed by atoms with van der Waals surface area (Å²) < 4.78 is 48.4. The van der Waals surface area contributed by atoms with Crippen molar-refractivity contribution in [3.8, 4) is 5.75 Å². The molecule has 2 saturated heterocycles. The summed E-state index contributed by atoms with van der Waals surface area (Å²) in [5.41, 5.74) is -0.680. The van der Waals surface area contributed by atoms with Gasteiger partial charge in [-0.3, -0.25) is 4.79 Å². The molecule has 2 aromatic rings. The molecule has 0 radical (unpaired) electrons. The molecular weight excluding hydrogens is 443 g/mol. The molecule has 0 N–H and O–H groups in total. The van der Waals surface area contributed by atoms with Crippen LogP contribution in [0, 0.1) is 11.2 Å². The first-order chi connectivity index (χ1) is 15.9. The summed E-state index contributed by atoms with van der Waals surface area (Å²) in [6.45, 7) is 2.12. The number of ether oxygens (including phenoxy) is 1. The number of carbonyl (C=O) groups excluding carboxylic acids is 1. The summed E-state index contributed by atoms with van der Waals surface area (Å²) in [5, 5.41) is 0. The Hall–Kier alpha value is -2.45. The van der Waals surface area contributed by atoms with Crippen molar-refractivity contribution in [3.63, 3.8) is 0 Å². The third-order valence-electron chi connectivity index (χ3n) is 6.60. The molecule has 1 atom stereocenters. The number of benzene rings is 2. The Kier molecular flexibility index (Phi) is 7.34. The van der Waals surface area contributed by atoms with E-state index in [0.717, 1.165) is 38.4 Å². The smallest absolute Gasteiger partial charge is 0.246 e. The normalized spacial score (nSPS) is 22.2. The minimum Gasteiger partial charge on any atom is -0.493 e. The highest BCUT2D eigenvalue weighted by atomic mass is 32.2. The summed E-state index contributed by atoms with van der Waals surface area (Å²) >= 11 is 0. The zero-order chi connectivity index (χ0) is 23.3. The fourth-order valence-corrected chi connectivity index (χ4v) is 6.46. The van der Waals surface area contributed by atoms with Crippen LogP contribution in [-0.4, -0.2) is 56.3 Å². The molecule has 2 aliphatic rings. The van der Waals surface area contributed by atoms with Crippen LogP contribution in [-0.2, 0) is 14.8 Å². The zero-order valence-electron chi connectivity index (χ0n) is 18.8. The number of rotatable bonds is 7. The topological polar surface area (TPSA) is 66.9 Å². The molecule has 2 heterocycles. The van der Waals surface area contributed by atoms with E-state index in [9.17, 15) is 17.6 Å². The van der Waals surface area contributed by atoms with Gasteiger partial charge in [-0.05, 0) is 56.4 Å². The third-order valence-corrected chi connectivity index (χ3v) is 8.48. The molecular formula is C25H31FN2O4S. The quantitative estimate of drug-likeness (QED) is 0.607. The van der Waals surface area contributed by atoms with Gasteiger partial charge in [0.25, 0.3) is 0 Å². The molecule has 0 bridgehead atoms. The van der Waals surface area contributed by atoms with E-state index in [1.807, 2.05) is 35.2 Å². The van der Waals surface area contributed by atoms with Gasteiger partial charge in [-0.2, -0.15) is 4.31 Å². The van der Waals surface area contributed by atoms with Gasteiger partial charge < -0.3 is 9.64 Å². The number of sulfonamides is 1. The third kappa shape index (κ3) is 5.55. The van der Waals surface area contributed by atoms with Gasteiger partial charge in [0.15, 0.2) is 0 Å². The van der Waals surface area contributed by atoms with Gasteiger partial charge in [-0.1, -0.05) is 30.3 Å². The number of carbonyl (C=O) groups is 1. The molecule has 0 saturated carbocycles. The highest BCUT2D eigenvalue weighted by Crippen LogP contribution is 2.38. The Morgan fingerprint density at radius 1 is 0.939 bits per heavy atom. The number of hydrogen-bond acceptors (Lipinski definition) is 4. The predicted molar refractivity (Wildman–Crippen MR) is 124 cm³/mol. The largest absolute Gasteiger partial charge is 0.493 e. The van der Waals surface area contributed by atoms with Gasteiger partial charge in [-0.25, -0.2) is 12.8 Å². The minimum atomic E-state index is -4.03. The Morgan fingerprint density at radius 2 is 1.64 bits per heavy atom. The van der Waals surface area contributed by atoms with Crippen LogP contribution in [0.15, 0.2) is 59.5 Å². The van der Waals surface area contributed by atoms with E-state index >= 15 is 0 Å². The maximum atomic E-state index is 14.4. The molecule has 2 fully saturated rings. The number of piperidine rings is 2. The second-order valence-electron chi connectivity index (χ2n) is 9.09. The van der Waals surface area contributed by atoms with Crippen LogP contribution in [0.1, 0.15) is 38.5 Å². The lowest BCUT2D eigenvalue weighted by atomic mass is 9.78. The first kappa shape index (κ1) is 23.7.